The fourth-order valence-electron chi connectivity index (χ4n) is 1.31. The summed E-state index contributed by atoms with van der Waals surface area (Å²) in [5, 5.41) is 5.91. The minimum Gasteiger partial charge on any atom is -0.359 e. The van der Waals surface area contributed by atoms with Crippen molar-refractivity contribution >= 4 is 11.7 Å². The van der Waals surface area contributed by atoms with Gasteiger partial charge in [-0.25, -0.2) is 4.98 Å². The summed E-state index contributed by atoms with van der Waals surface area (Å²) in [6, 6.07) is 5.44. The molecule has 0 aliphatic heterocycles. The number of aromatic nitrogens is 1. The molecule has 2 N–H and O–H groups in total. The number of pyridine rings is 1. The van der Waals surface area contributed by atoms with Gasteiger partial charge in [-0.15, -0.1) is 0 Å². The molecular formula is C12H19N3O. The molecule has 0 fully saturated rings. The van der Waals surface area contributed by atoms with Crippen molar-refractivity contribution in [3.8, 4) is 0 Å². The van der Waals surface area contributed by atoms with Crippen LogP contribution < -0.4 is 10.6 Å². The van der Waals surface area contributed by atoms with E-state index in [4.69, 9.17) is 0 Å². The second kappa shape index (κ2) is 6.10. The van der Waals surface area contributed by atoms with Gasteiger partial charge in [-0.1, -0.05) is 13.0 Å². The third kappa shape index (κ3) is 3.88. The van der Waals surface area contributed by atoms with Gasteiger partial charge >= 0.3 is 0 Å². The molecule has 1 rings (SSSR count). The third-order valence-electron chi connectivity index (χ3n) is 2.20. The average molecular weight is 221 g/mol. The van der Waals surface area contributed by atoms with Crippen molar-refractivity contribution in [1.82, 2.24) is 10.3 Å². The van der Waals surface area contributed by atoms with Gasteiger partial charge in [-0.05, 0) is 32.4 Å². The van der Waals surface area contributed by atoms with E-state index in [1.54, 1.807) is 0 Å². The number of hydrogen-bond donors (Lipinski definition) is 2. The molecule has 4 heteroatoms. The van der Waals surface area contributed by atoms with Crippen molar-refractivity contribution in [3.63, 3.8) is 0 Å². The zero-order valence-corrected chi connectivity index (χ0v) is 10.1. The van der Waals surface area contributed by atoms with Crippen molar-refractivity contribution in [3.05, 3.63) is 23.9 Å². The van der Waals surface area contributed by atoms with Gasteiger partial charge in [0, 0.05) is 12.2 Å². The average Bonchev–Trinajstić information content (AvgIpc) is 2.25. The van der Waals surface area contributed by atoms with Crippen LogP contribution in [0.3, 0.4) is 0 Å². The fourth-order valence-corrected chi connectivity index (χ4v) is 1.31. The van der Waals surface area contributed by atoms with Gasteiger partial charge in [0.25, 0.3) is 0 Å². The molecule has 1 amide bonds. The summed E-state index contributed by atoms with van der Waals surface area (Å²) in [7, 11) is 0. The van der Waals surface area contributed by atoms with Crippen LogP contribution in [0.25, 0.3) is 0 Å². The predicted octanol–water partition coefficient (Wildman–Crippen LogP) is 1.72. The number of nitrogens with one attached hydrogen (secondary N) is 2. The highest BCUT2D eigenvalue weighted by atomic mass is 16.2. The topological polar surface area (TPSA) is 54.0 Å². The van der Waals surface area contributed by atoms with Crippen LogP contribution in [0, 0.1) is 6.92 Å². The van der Waals surface area contributed by atoms with Crippen LogP contribution in [0.4, 0.5) is 5.82 Å². The van der Waals surface area contributed by atoms with Crippen LogP contribution in [-0.4, -0.2) is 23.5 Å². The summed E-state index contributed by atoms with van der Waals surface area (Å²) in [4.78, 5) is 15.9. The first-order valence-corrected chi connectivity index (χ1v) is 5.61. The highest BCUT2D eigenvalue weighted by Gasteiger charge is 2.11. The minimum absolute atomic E-state index is 0.00477. The summed E-state index contributed by atoms with van der Waals surface area (Å²) in [5.74, 6) is 0.740. The minimum atomic E-state index is -0.263. The van der Waals surface area contributed by atoms with E-state index in [2.05, 4.69) is 15.6 Å². The van der Waals surface area contributed by atoms with Gasteiger partial charge < -0.3 is 10.6 Å². The summed E-state index contributed by atoms with van der Waals surface area (Å²) in [5.41, 5.74) is 0.936. The lowest BCUT2D eigenvalue weighted by Gasteiger charge is -2.14. The van der Waals surface area contributed by atoms with Crippen molar-refractivity contribution in [2.45, 2.75) is 33.2 Å². The number of anilines is 1. The number of nitrogens with zero attached hydrogens (tertiary/aromatic N) is 1. The normalized spacial score (nSPS) is 11.9. The number of amides is 1. The summed E-state index contributed by atoms with van der Waals surface area (Å²) < 4.78 is 0. The Morgan fingerprint density at radius 2 is 2.25 bits per heavy atom. The number of hydrogen-bond acceptors (Lipinski definition) is 3. The first-order valence-electron chi connectivity index (χ1n) is 5.61. The molecule has 0 aromatic carbocycles. The monoisotopic (exact) mass is 221 g/mol. The summed E-state index contributed by atoms with van der Waals surface area (Å²) in [6.07, 6.45) is 0.946. The molecule has 0 spiro atoms. The number of carbonyl (C=O) groups is 1. The summed E-state index contributed by atoms with van der Waals surface area (Å²) >= 11 is 0. The maximum atomic E-state index is 11.6. The Balaban J connectivity index is 2.50. The maximum Gasteiger partial charge on any atom is 0.242 e. The first kappa shape index (κ1) is 12.5. The highest BCUT2D eigenvalue weighted by molar-refractivity contribution is 5.83. The van der Waals surface area contributed by atoms with Crippen LogP contribution in [0.1, 0.15) is 26.0 Å². The van der Waals surface area contributed by atoms with Gasteiger partial charge in [0.2, 0.25) is 5.91 Å². The lowest BCUT2D eigenvalue weighted by molar-refractivity contribution is -0.121. The van der Waals surface area contributed by atoms with Crippen LogP contribution in [0.15, 0.2) is 18.2 Å². The second-order valence-corrected chi connectivity index (χ2v) is 3.82. The van der Waals surface area contributed by atoms with Crippen LogP contribution >= 0.6 is 0 Å². The second-order valence-electron chi connectivity index (χ2n) is 3.82. The maximum absolute atomic E-state index is 11.6. The molecule has 0 saturated carbocycles. The zero-order chi connectivity index (χ0) is 12.0. The van der Waals surface area contributed by atoms with E-state index in [-0.39, 0.29) is 11.9 Å². The molecule has 4 nitrogen and oxygen atoms in total. The smallest absolute Gasteiger partial charge is 0.242 e. The van der Waals surface area contributed by atoms with Crippen molar-refractivity contribution in [2.24, 2.45) is 0 Å². The quantitative estimate of drug-likeness (QED) is 0.796. The summed E-state index contributed by atoms with van der Waals surface area (Å²) in [6.45, 7) is 6.49. The zero-order valence-electron chi connectivity index (χ0n) is 10.1. The predicted molar refractivity (Wildman–Crippen MR) is 65.4 cm³/mol. The van der Waals surface area contributed by atoms with Gasteiger partial charge in [0.15, 0.2) is 0 Å². The molecule has 0 bridgehead atoms. The van der Waals surface area contributed by atoms with Crippen LogP contribution in [-0.2, 0) is 4.79 Å². The van der Waals surface area contributed by atoms with E-state index in [1.807, 2.05) is 39.0 Å². The van der Waals surface area contributed by atoms with E-state index in [0.29, 0.717) is 6.54 Å². The molecule has 1 atom stereocenters. The molecule has 88 valence electrons. The molecule has 1 aromatic heterocycles. The number of aryl methyl sites for hydroxylation is 1. The van der Waals surface area contributed by atoms with Crippen LogP contribution in [0.2, 0.25) is 0 Å². The molecular weight excluding hydrogens is 202 g/mol. The Morgan fingerprint density at radius 1 is 1.50 bits per heavy atom. The standard InChI is InChI=1S/C12H19N3O/c1-4-8-13-12(16)10(3)15-11-7-5-6-9(2)14-11/h5-7,10H,4,8H2,1-3H3,(H,13,16)(H,14,15). The molecule has 1 aromatic rings. The van der Waals surface area contributed by atoms with Gasteiger partial charge in [0.05, 0.1) is 0 Å². The first-order chi connectivity index (χ1) is 7.63. The molecule has 0 aliphatic rings. The van der Waals surface area contributed by atoms with Gasteiger partial charge in [-0.2, -0.15) is 0 Å². The molecule has 0 saturated heterocycles. The Hall–Kier alpha value is -1.58. The van der Waals surface area contributed by atoms with Gasteiger partial charge in [-0.3, -0.25) is 4.79 Å². The molecule has 1 heterocycles. The largest absolute Gasteiger partial charge is 0.359 e. The highest BCUT2D eigenvalue weighted by Crippen LogP contribution is 2.05. The number of carbonyl (C=O) groups excluding carboxylic acids is 1. The van der Waals surface area contributed by atoms with E-state index >= 15 is 0 Å². The Bertz CT molecular complexity index is 352. The van der Waals surface area contributed by atoms with Crippen molar-refractivity contribution in [1.29, 1.82) is 0 Å². The molecule has 0 aliphatic carbocycles. The van der Waals surface area contributed by atoms with Gasteiger partial charge in [0.1, 0.15) is 11.9 Å². The lowest BCUT2D eigenvalue weighted by Crippen LogP contribution is -2.38. The van der Waals surface area contributed by atoms with Crippen molar-refractivity contribution < 1.29 is 4.79 Å². The lowest BCUT2D eigenvalue weighted by atomic mass is 10.3. The van der Waals surface area contributed by atoms with Crippen LogP contribution in [0.5, 0.6) is 0 Å². The Labute approximate surface area is 96.5 Å². The molecule has 1 unspecified atom stereocenters. The van der Waals surface area contributed by atoms with E-state index in [9.17, 15) is 4.79 Å². The van der Waals surface area contributed by atoms with E-state index in [1.165, 1.54) is 0 Å². The number of rotatable bonds is 5. The van der Waals surface area contributed by atoms with E-state index in [0.717, 1.165) is 17.9 Å². The van der Waals surface area contributed by atoms with E-state index < -0.39 is 0 Å². The Morgan fingerprint density at radius 3 is 2.88 bits per heavy atom. The third-order valence-corrected chi connectivity index (χ3v) is 2.20. The SMILES string of the molecule is CCCNC(=O)C(C)Nc1cccc(C)n1. The fraction of sp³-hybridized carbons (Fsp3) is 0.500. The Kier molecular flexibility index (Phi) is 4.76. The molecule has 16 heavy (non-hydrogen) atoms. The molecule has 0 radical (unpaired) electrons. The van der Waals surface area contributed by atoms with Crippen molar-refractivity contribution in [2.75, 3.05) is 11.9 Å².